The van der Waals surface area contributed by atoms with Crippen LogP contribution < -0.4 is 21.3 Å². The standard InChI is InChI=1S/C26H56N4/c1-2-3-4-5-6-7-8-9-10-11-12-13-14-15-17-26-24-29-22-20-27-18-16-19-28-21-23-30-25-26/h26-30H,2-25H2,1H3. The molecular formula is C26H56N4. The normalized spacial score (nSPS) is 18.3. The Bertz CT molecular complexity index is 310. The summed E-state index contributed by atoms with van der Waals surface area (Å²) >= 11 is 0. The summed E-state index contributed by atoms with van der Waals surface area (Å²) in [6.45, 7) is 11.3. The third-order valence-corrected chi connectivity index (χ3v) is 6.50. The summed E-state index contributed by atoms with van der Waals surface area (Å²) in [5.74, 6) is 0.783. The fourth-order valence-corrected chi connectivity index (χ4v) is 4.46. The van der Waals surface area contributed by atoms with E-state index in [0.29, 0.717) is 0 Å². The monoisotopic (exact) mass is 424 g/mol. The number of hydrogen-bond acceptors (Lipinski definition) is 4. The molecule has 1 saturated heterocycles. The van der Waals surface area contributed by atoms with Gasteiger partial charge in [0.15, 0.2) is 0 Å². The summed E-state index contributed by atoms with van der Waals surface area (Å²) < 4.78 is 0. The van der Waals surface area contributed by atoms with Crippen LogP contribution in [0.4, 0.5) is 0 Å². The Morgan fingerprint density at radius 3 is 1.33 bits per heavy atom. The Hall–Kier alpha value is -0.160. The molecule has 1 heterocycles. The molecule has 0 radical (unpaired) electrons. The van der Waals surface area contributed by atoms with Gasteiger partial charge in [-0.1, -0.05) is 96.8 Å². The molecule has 30 heavy (non-hydrogen) atoms. The number of rotatable bonds is 15. The lowest BCUT2D eigenvalue weighted by Crippen LogP contribution is -2.38. The molecule has 1 aliphatic heterocycles. The second kappa shape index (κ2) is 23.5. The van der Waals surface area contributed by atoms with Crippen LogP contribution in [0.1, 0.15) is 110 Å². The molecule has 0 aromatic heterocycles. The van der Waals surface area contributed by atoms with E-state index in [1.165, 1.54) is 116 Å². The molecule has 0 aromatic carbocycles. The van der Waals surface area contributed by atoms with Gasteiger partial charge in [0, 0.05) is 26.2 Å². The topological polar surface area (TPSA) is 48.1 Å². The minimum absolute atomic E-state index is 0.783. The summed E-state index contributed by atoms with van der Waals surface area (Å²) in [6, 6.07) is 0. The maximum Gasteiger partial charge on any atom is 0.00768 e. The van der Waals surface area contributed by atoms with Gasteiger partial charge in [-0.3, -0.25) is 0 Å². The van der Waals surface area contributed by atoms with E-state index < -0.39 is 0 Å². The summed E-state index contributed by atoms with van der Waals surface area (Å²) in [6.07, 6.45) is 22.9. The second-order valence-electron chi connectivity index (χ2n) is 9.51. The van der Waals surface area contributed by atoms with Crippen LogP contribution in [0.5, 0.6) is 0 Å². The molecule has 4 nitrogen and oxygen atoms in total. The molecule has 0 unspecified atom stereocenters. The first-order valence-corrected chi connectivity index (χ1v) is 13.8. The molecular weight excluding hydrogens is 368 g/mol. The van der Waals surface area contributed by atoms with Crippen LogP contribution in [-0.4, -0.2) is 52.4 Å². The van der Waals surface area contributed by atoms with Crippen molar-refractivity contribution in [1.82, 2.24) is 21.3 Å². The fraction of sp³-hybridized carbons (Fsp3) is 1.00. The molecule has 0 amide bonds. The molecule has 180 valence electrons. The lowest BCUT2D eigenvalue weighted by molar-refractivity contribution is 0.393. The molecule has 1 aliphatic rings. The van der Waals surface area contributed by atoms with Gasteiger partial charge in [-0.2, -0.15) is 0 Å². The van der Waals surface area contributed by atoms with Crippen LogP contribution in [0.25, 0.3) is 0 Å². The van der Waals surface area contributed by atoms with E-state index in [1.807, 2.05) is 0 Å². The average Bonchev–Trinajstić information content (AvgIpc) is 2.76. The fourth-order valence-electron chi connectivity index (χ4n) is 4.46. The molecule has 1 fully saturated rings. The third-order valence-electron chi connectivity index (χ3n) is 6.50. The summed E-state index contributed by atoms with van der Waals surface area (Å²) in [5, 5.41) is 14.4. The van der Waals surface area contributed by atoms with E-state index in [9.17, 15) is 0 Å². The first-order chi connectivity index (χ1) is 14.9. The quantitative estimate of drug-likeness (QED) is 0.272. The van der Waals surface area contributed by atoms with Gasteiger partial charge >= 0.3 is 0 Å². The highest BCUT2D eigenvalue weighted by molar-refractivity contribution is 4.68. The number of hydrogen-bond donors (Lipinski definition) is 4. The molecule has 0 aromatic rings. The molecule has 0 atom stereocenters. The van der Waals surface area contributed by atoms with Gasteiger partial charge in [0.25, 0.3) is 0 Å². The first-order valence-electron chi connectivity index (χ1n) is 13.8. The van der Waals surface area contributed by atoms with Crippen molar-refractivity contribution in [1.29, 1.82) is 0 Å². The number of nitrogens with one attached hydrogen (secondary N) is 4. The highest BCUT2D eigenvalue weighted by Gasteiger charge is 2.08. The van der Waals surface area contributed by atoms with E-state index >= 15 is 0 Å². The van der Waals surface area contributed by atoms with Crippen molar-refractivity contribution in [2.45, 2.75) is 110 Å². The molecule has 0 saturated carbocycles. The predicted octanol–water partition coefficient (Wildman–Crippen LogP) is 5.24. The molecule has 0 aliphatic carbocycles. The van der Waals surface area contributed by atoms with Crippen LogP contribution in [0.15, 0.2) is 0 Å². The maximum atomic E-state index is 3.67. The van der Waals surface area contributed by atoms with Crippen molar-refractivity contribution in [2.24, 2.45) is 5.92 Å². The molecule has 0 spiro atoms. The predicted molar refractivity (Wildman–Crippen MR) is 135 cm³/mol. The van der Waals surface area contributed by atoms with Gasteiger partial charge < -0.3 is 21.3 Å². The van der Waals surface area contributed by atoms with Crippen LogP contribution in [0.3, 0.4) is 0 Å². The van der Waals surface area contributed by atoms with Crippen molar-refractivity contribution < 1.29 is 0 Å². The Labute approximate surface area is 189 Å². The molecule has 1 rings (SSSR count). The number of unbranched alkanes of at least 4 members (excludes halogenated alkanes) is 13. The third kappa shape index (κ3) is 19.8. The van der Waals surface area contributed by atoms with Crippen molar-refractivity contribution in [3.8, 4) is 0 Å². The van der Waals surface area contributed by atoms with Crippen LogP contribution >= 0.6 is 0 Å². The van der Waals surface area contributed by atoms with E-state index in [0.717, 1.165) is 45.2 Å². The average molecular weight is 425 g/mol. The Kier molecular flexibility index (Phi) is 21.8. The van der Waals surface area contributed by atoms with E-state index in [-0.39, 0.29) is 0 Å². The Morgan fingerprint density at radius 1 is 0.467 bits per heavy atom. The van der Waals surface area contributed by atoms with E-state index in [4.69, 9.17) is 0 Å². The second-order valence-corrected chi connectivity index (χ2v) is 9.51. The van der Waals surface area contributed by atoms with Crippen molar-refractivity contribution in [3.05, 3.63) is 0 Å². The maximum absolute atomic E-state index is 3.67. The zero-order chi connectivity index (χ0) is 21.4. The van der Waals surface area contributed by atoms with Crippen LogP contribution in [-0.2, 0) is 0 Å². The van der Waals surface area contributed by atoms with Gasteiger partial charge in [0.2, 0.25) is 0 Å². The van der Waals surface area contributed by atoms with Gasteiger partial charge in [0.05, 0.1) is 0 Å². The largest absolute Gasteiger partial charge is 0.315 e. The van der Waals surface area contributed by atoms with Gasteiger partial charge in [-0.25, -0.2) is 0 Å². The lowest BCUT2D eigenvalue weighted by Gasteiger charge is -2.19. The Morgan fingerprint density at radius 2 is 0.867 bits per heavy atom. The van der Waals surface area contributed by atoms with Crippen molar-refractivity contribution >= 4 is 0 Å². The summed E-state index contributed by atoms with van der Waals surface area (Å²) in [7, 11) is 0. The zero-order valence-electron chi connectivity index (χ0n) is 20.5. The van der Waals surface area contributed by atoms with E-state index in [2.05, 4.69) is 28.2 Å². The minimum Gasteiger partial charge on any atom is -0.315 e. The summed E-state index contributed by atoms with van der Waals surface area (Å²) in [5.41, 5.74) is 0. The van der Waals surface area contributed by atoms with Crippen molar-refractivity contribution in [3.63, 3.8) is 0 Å². The highest BCUT2D eigenvalue weighted by Crippen LogP contribution is 2.14. The minimum atomic E-state index is 0.783. The van der Waals surface area contributed by atoms with E-state index in [1.54, 1.807) is 0 Å². The van der Waals surface area contributed by atoms with Gasteiger partial charge in [0.1, 0.15) is 0 Å². The summed E-state index contributed by atoms with van der Waals surface area (Å²) in [4.78, 5) is 0. The first kappa shape index (κ1) is 27.9. The smallest absolute Gasteiger partial charge is 0.00768 e. The Balaban J connectivity index is 1.92. The molecule has 4 N–H and O–H groups in total. The zero-order valence-corrected chi connectivity index (χ0v) is 20.5. The van der Waals surface area contributed by atoms with Crippen molar-refractivity contribution in [2.75, 3.05) is 52.4 Å². The lowest BCUT2D eigenvalue weighted by atomic mass is 9.99. The highest BCUT2D eigenvalue weighted by atomic mass is 15.0. The van der Waals surface area contributed by atoms with Gasteiger partial charge in [-0.05, 0) is 44.9 Å². The molecule has 4 heteroatoms. The van der Waals surface area contributed by atoms with Gasteiger partial charge in [-0.15, -0.1) is 0 Å². The van der Waals surface area contributed by atoms with Crippen LogP contribution in [0.2, 0.25) is 0 Å². The SMILES string of the molecule is CCCCCCCCCCCCCCCCC1CNCCNCCCNCCNC1. The molecule has 0 bridgehead atoms. The van der Waals surface area contributed by atoms with Crippen LogP contribution in [0, 0.1) is 5.92 Å².